The fraction of sp³-hybridized carbons (Fsp3) is 0.492. The first kappa shape index (κ1) is 67.1. The van der Waals surface area contributed by atoms with Gasteiger partial charge >= 0.3 is 23.9 Å². The molecule has 0 aromatic carbocycles. The van der Waals surface area contributed by atoms with E-state index in [1.165, 1.54) is 0 Å². The second-order valence-corrected chi connectivity index (χ2v) is 17.4. The zero-order valence-corrected chi connectivity index (χ0v) is 45.2. The van der Waals surface area contributed by atoms with Gasteiger partial charge in [-0.25, -0.2) is 4.79 Å². The lowest BCUT2D eigenvalue weighted by molar-refractivity contribution is -0.301. The van der Waals surface area contributed by atoms with E-state index >= 15 is 0 Å². The first-order valence-electron chi connectivity index (χ1n) is 27.1. The molecule has 0 saturated carbocycles. The summed E-state index contributed by atoms with van der Waals surface area (Å²) >= 11 is 0. The number of hydrogen-bond donors (Lipinski definition) is 3. The first-order valence-corrected chi connectivity index (χ1v) is 27.1. The number of hydrogen-bond acceptors (Lipinski definition) is 11. The van der Waals surface area contributed by atoms with Crippen molar-refractivity contribution in [3.63, 3.8) is 0 Å². The molecule has 414 valence electrons. The van der Waals surface area contributed by atoms with E-state index in [-0.39, 0.29) is 19.3 Å². The molecule has 1 heterocycles. The lowest BCUT2D eigenvalue weighted by Crippen LogP contribution is -2.61. The summed E-state index contributed by atoms with van der Waals surface area (Å²) in [6, 6.07) is 0. The molecule has 12 heteroatoms. The van der Waals surface area contributed by atoms with Gasteiger partial charge in [0.25, 0.3) is 0 Å². The van der Waals surface area contributed by atoms with Gasteiger partial charge in [0, 0.05) is 6.42 Å². The van der Waals surface area contributed by atoms with Crippen molar-refractivity contribution in [1.29, 1.82) is 0 Å². The second kappa shape index (κ2) is 49.0. The van der Waals surface area contributed by atoms with Gasteiger partial charge in [-0.3, -0.25) is 14.4 Å². The molecule has 0 amide bonds. The number of ether oxygens (including phenoxy) is 5. The predicted molar refractivity (Wildman–Crippen MR) is 302 cm³/mol. The van der Waals surface area contributed by atoms with E-state index < -0.39 is 73.9 Å². The number of unbranched alkanes of at least 4 members (excludes halogenated alkanes) is 2. The van der Waals surface area contributed by atoms with Crippen LogP contribution in [0.5, 0.6) is 0 Å². The minimum Gasteiger partial charge on any atom is -0.479 e. The number of carboxylic acid groups (broad SMARTS) is 1. The Kier molecular flexibility index (Phi) is 43.8. The van der Waals surface area contributed by atoms with E-state index in [1.54, 1.807) is 12.2 Å². The molecule has 0 spiro atoms. The summed E-state index contributed by atoms with van der Waals surface area (Å²) in [6.07, 6.45) is 61.1. The molecule has 1 saturated heterocycles. The van der Waals surface area contributed by atoms with E-state index in [9.17, 15) is 34.5 Å². The SMILES string of the molecule is CC/C=C\C/C=C\C/C=C\C/C=C\C/C=C\CC(=O)OCC(COC1OC(C(=O)O)C(O)C(O)C1OC(=O)CCCC/C=C\C/C=C\C/C=C\C/C=C\CC)OC(=O)C/C=C\C/C=C\C/C=C\C/C=C\C/C=C\CC. The molecule has 75 heavy (non-hydrogen) atoms. The second-order valence-electron chi connectivity index (χ2n) is 17.4. The fourth-order valence-corrected chi connectivity index (χ4v) is 6.80. The van der Waals surface area contributed by atoms with Gasteiger partial charge in [0.2, 0.25) is 0 Å². The number of allylic oxidation sites excluding steroid dienone is 26. The lowest BCUT2D eigenvalue weighted by Gasteiger charge is -2.40. The average Bonchev–Trinajstić information content (AvgIpc) is 3.39. The van der Waals surface area contributed by atoms with Crippen molar-refractivity contribution in [1.82, 2.24) is 0 Å². The van der Waals surface area contributed by atoms with Crippen LogP contribution in [0.1, 0.15) is 149 Å². The first-order chi connectivity index (χ1) is 36.6. The van der Waals surface area contributed by atoms with Crippen molar-refractivity contribution in [2.75, 3.05) is 13.2 Å². The maximum absolute atomic E-state index is 13.0. The highest BCUT2D eigenvalue weighted by Crippen LogP contribution is 2.26. The monoisotopic (exact) mass is 1040 g/mol. The molecule has 0 aromatic rings. The number of aliphatic carboxylic acids is 1. The molecule has 6 atom stereocenters. The lowest BCUT2D eigenvalue weighted by atomic mass is 9.98. The Labute approximate surface area is 449 Å². The van der Waals surface area contributed by atoms with Crippen molar-refractivity contribution < 1.29 is 58.2 Å². The van der Waals surface area contributed by atoms with Crippen LogP contribution in [0.4, 0.5) is 0 Å². The Hall–Kier alpha value is -5.92. The summed E-state index contributed by atoms with van der Waals surface area (Å²) in [7, 11) is 0. The Morgan fingerprint density at radius 2 is 0.827 bits per heavy atom. The third kappa shape index (κ3) is 39.2. The van der Waals surface area contributed by atoms with Crippen LogP contribution in [0, 0.1) is 0 Å². The van der Waals surface area contributed by atoms with E-state index in [2.05, 4.69) is 136 Å². The third-order valence-electron chi connectivity index (χ3n) is 10.8. The van der Waals surface area contributed by atoms with Crippen molar-refractivity contribution in [2.24, 2.45) is 0 Å². The van der Waals surface area contributed by atoms with Crippen LogP contribution in [0.2, 0.25) is 0 Å². The van der Waals surface area contributed by atoms with Crippen molar-refractivity contribution in [2.45, 2.75) is 186 Å². The summed E-state index contributed by atoms with van der Waals surface area (Å²) in [5.74, 6) is -3.55. The molecule has 0 aromatic heterocycles. The Morgan fingerprint density at radius 3 is 1.23 bits per heavy atom. The van der Waals surface area contributed by atoms with Crippen LogP contribution >= 0.6 is 0 Å². The fourth-order valence-electron chi connectivity index (χ4n) is 6.80. The van der Waals surface area contributed by atoms with Crippen LogP contribution in [0.25, 0.3) is 0 Å². The molecule has 0 aliphatic carbocycles. The molecule has 6 unspecified atom stereocenters. The quantitative estimate of drug-likeness (QED) is 0.0229. The van der Waals surface area contributed by atoms with E-state index in [0.717, 1.165) is 83.5 Å². The van der Waals surface area contributed by atoms with E-state index in [4.69, 9.17) is 23.7 Å². The molecule has 3 N–H and O–H groups in total. The largest absolute Gasteiger partial charge is 0.479 e. The van der Waals surface area contributed by atoms with Crippen LogP contribution in [0.15, 0.2) is 170 Å². The number of aliphatic hydroxyl groups is 2. The van der Waals surface area contributed by atoms with Crippen LogP contribution in [-0.4, -0.2) is 89.2 Å². The number of carbonyl (C=O) groups excluding carboxylic acids is 3. The highest BCUT2D eigenvalue weighted by Gasteiger charge is 2.50. The number of aliphatic hydroxyl groups excluding tert-OH is 2. The summed E-state index contributed by atoms with van der Waals surface area (Å²) in [6.45, 7) is 5.41. The highest BCUT2D eigenvalue weighted by molar-refractivity contribution is 5.74. The van der Waals surface area contributed by atoms with Gasteiger partial charge in [-0.1, -0.05) is 191 Å². The van der Waals surface area contributed by atoms with Gasteiger partial charge in [0.05, 0.1) is 19.4 Å². The topological polar surface area (TPSA) is 175 Å². The molecule has 12 nitrogen and oxygen atoms in total. The van der Waals surface area contributed by atoms with Gasteiger partial charge in [-0.05, 0) is 109 Å². The Bertz CT molecular complexity index is 1950. The number of esters is 3. The summed E-state index contributed by atoms with van der Waals surface area (Å²) in [5, 5.41) is 31.4. The molecular formula is C63H90O12. The maximum Gasteiger partial charge on any atom is 0.335 e. The molecule has 0 bridgehead atoms. The van der Waals surface area contributed by atoms with Crippen molar-refractivity contribution >= 4 is 23.9 Å². The minimum absolute atomic E-state index is 0.0220. The minimum atomic E-state index is -1.95. The van der Waals surface area contributed by atoms with E-state index in [1.807, 2.05) is 42.5 Å². The Balaban J connectivity index is 2.88. The van der Waals surface area contributed by atoms with Crippen molar-refractivity contribution in [3.05, 3.63) is 170 Å². The van der Waals surface area contributed by atoms with E-state index in [0.29, 0.717) is 25.7 Å². The summed E-state index contributed by atoms with van der Waals surface area (Å²) < 4.78 is 28.0. The highest BCUT2D eigenvalue weighted by atomic mass is 16.7. The van der Waals surface area contributed by atoms with Crippen LogP contribution < -0.4 is 0 Å². The molecule has 1 fully saturated rings. The number of carboxylic acids is 1. The van der Waals surface area contributed by atoms with Gasteiger partial charge < -0.3 is 39.0 Å². The zero-order chi connectivity index (χ0) is 54.7. The van der Waals surface area contributed by atoms with Crippen LogP contribution in [-0.2, 0) is 42.9 Å². The zero-order valence-electron chi connectivity index (χ0n) is 45.2. The smallest absolute Gasteiger partial charge is 0.335 e. The number of carbonyl (C=O) groups is 4. The molecule has 1 aliphatic heterocycles. The van der Waals surface area contributed by atoms with Gasteiger partial charge in [0.15, 0.2) is 24.6 Å². The predicted octanol–water partition coefficient (Wildman–Crippen LogP) is 13.5. The van der Waals surface area contributed by atoms with Gasteiger partial charge in [-0.2, -0.15) is 0 Å². The molecule has 1 aliphatic rings. The normalized spacial score (nSPS) is 19.5. The van der Waals surface area contributed by atoms with Gasteiger partial charge in [0.1, 0.15) is 18.8 Å². The van der Waals surface area contributed by atoms with Gasteiger partial charge in [-0.15, -0.1) is 0 Å². The number of rotatable bonds is 42. The summed E-state index contributed by atoms with van der Waals surface area (Å²) in [5.41, 5.74) is 0. The third-order valence-corrected chi connectivity index (χ3v) is 10.8. The molecular weight excluding hydrogens is 949 g/mol. The van der Waals surface area contributed by atoms with Crippen molar-refractivity contribution in [3.8, 4) is 0 Å². The molecule has 1 rings (SSSR count). The maximum atomic E-state index is 13.0. The average molecular weight is 1040 g/mol. The Morgan fingerprint density at radius 1 is 0.453 bits per heavy atom. The summed E-state index contributed by atoms with van der Waals surface area (Å²) in [4.78, 5) is 50.9. The van der Waals surface area contributed by atoms with Crippen LogP contribution in [0.3, 0.4) is 0 Å². The molecule has 0 radical (unpaired) electrons. The standard InChI is InChI=1S/C63H90O12/c1-4-7-10-13-16-19-22-25-28-31-34-37-40-43-46-49-55(64)71-52-54(73-56(65)50-47-44-41-38-35-32-29-26-23-20-17-14-11-8-5-2)53-72-63-61(59(68)58(67)60(75-63)62(69)70)74-57(66)51-48-45-42-39-36-33-30-27-24-21-18-15-12-9-6-3/h7-12,16-21,25-30,34-39,43-44,46-47,54,58-61,63,67-68H,4-6,13-15,22-24,31-33,40-42,45,48-53H2,1-3H3,(H,69,70)/b10-7-,11-8-,12-9-,19-16-,20-17-,21-18-,28-25-,29-26-,30-27-,37-34-,38-35-,39-36-,46-43-,47-44-.